The van der Waals surface area contributed by atoms with Gasteiger partial charge in [0.2, 0.25) is 0 Å². The van der Waals surface area contributed by atoms with Gasteiger partial charge in [-0.1, -0.05) is 34.1 Å². The van der Waals surface area contributed by atoms with Gasteiger partial charge >= 0.3 is 0 Å². The largest absolute Gasteiger partial charge is 0.373 e. The number of hydrogen-bond acceptors (Lipinski definition) is 3. The highest BCUT2D eigenvalue weighted by molar-refractivity contribution is 5.95. The number of aromatic nitrogens is 1. The molecule has 2 atom stereocenters. The van der Waals surface area contributed by atoms with Gasteiger partial charge in [0.15, 0.2) is 0 Å². The molecule has 2 N–H and O–H groups in total. The molecule has 0 aliphatic rings. The van der Waals surface area contributed by atoms with E-state index in [2.05, 4.69) is 50.2 Å². The Hall–Kier alpha value is -1.58. The maximum atomic E-state index is 12.4. The van der Waals surface area contributed by atoms with Gasteiger partial charge in [0, 0.05) is 24.3 Å². The quantitative estimate of drug-likeness (QED) is 0.837. The van der Waals surface area contributed by atoms with Crippen LogP contribution in [0.4, 0.5) is 5.82 Å². The van der Waals surface area contributed by atoms with E-state index in [-0.39, 0.29) is 11.9 Å². The van der Waals surface area contributed by atoms with Crippen molar-refractivity contribution in [3.8, 4) is 0 Å². The van der Waals surface area contributed by atoms with Crippen LogP contribution in [0.1, 0.15) is 63.0 Å². The van der Waals surface area contributed by atoms with Crippen LogP contribution in [0, 0.1) is 5.92 Å². The molecule has 1 heterocycles. The third-order valence-electron chi connectivity index (χ3n) is 3.81. The minimum absolute atomic E-state index is 0.0291. The zero-order chi connectivity index (χ0) is 15.3. The minimum Gasteiger partial charge on any atom is -0.373 e. The van der Waals surface area contributed by atoms with Gasteiger partial charge in [0.05, 0.1) is 0 Å². The fourth-order valence-corrected chi connectivity index (χ4v) is 1.89. The molecular formula is C16H27N3O. The molecule has 0 fully saturated rings. The van der Waals surface area contributed by atoms with Crippen molar-refractivity contribution < 1.29 is 4.79 Å². The lowest BCUT2D eigenvalue weighted by Gasteiger charge is -2.20. The fourth-order valence-electron chi connectivity index (χ4n) is 1.89. The van der Waals surface area contributed by atoms with Gasteiger partial charge in [-0.15, -0.1) is 0 Å². The van der Waals surface area contributed by atoms with Crippen LogP contribution in [0.5, 0.6) is 0 Å². The van der Waals surface area contributed by atoms with Crippen molar-refractivity contribution in [3.05, 3.63) is 23.4 Å². The van der Waals surface area contributed by atoms with Crippen LogP contribution in [-0.4, -0.2) is 24.0 Å². The van der Waals surface area contributed by atoms with Crippen LogP contribution in [-0.2, 0) is 0 Å². The Morgan fingerprint density at radius 1 is 1.25 bits per heavy atom. The lowest BCUT2D eigenvalue weighted by Crippen LogP contribution is -2.37. The second-order valence-corrected chi connectivity index (χ2v) is 5.72. The standard InChI is InChI=1S/C16H27N3O/c1-7-11(4)12(5)18-16(20)13-8-14(10(2)3)19-15(9-13)17-6/h8-12H,7H2,1-6H3,(H,17,19)(H,18,20). The predicted octanol–water partition coefficient (Wildman–Crippen LogP) is 3.41. The Kier molecular flexibility index (Phi) is 5.99. The predicted molar refractivity (Wildman–Crippen MR) is 84.3 cm³/mol. The first-order valence-electron chi connectivity index (χ1n) is 7.39. The Balaban J connectivity index is 2.94. The second-order valence-electron chi connectivity index (χ2n) is 5.72. The first-order chi connectivity index (χ1) is 9.38. The van der Waals surface area contributed by atoms with Crippen molar-refractivity contribution in [2.75, 3.05) is 12.4 Å². The van der Waals surface area contributed by atoms with Crippen LogP contribution in [0.15, 0.2) is 12.1 Å². The summed E-state index contributed by atoms with van der Waals surface area (Å²) >= 11 is 0. The molecule has 0 aliphatic carbocycles. The highest BCUT2D eigenvalue weighted by atomic mass is 16.1. The third-order valence-corrected chi connectivity index (χ3v) is 3.81. The molecule has 2 unspecified atom stereocenters. The molecule has 112 valence electrons. The van der Waals surface area contributed by atoms with E-state index in [0.29, 0.717) is 17.4 Å². The third kappa shape index (κ3) is 4.22. The summed E-state index contributed by atoms with van der Waals surface area (Å²) in [6, 6.07) is 3.84. The SMILES string of the molecule is CCC(C)C(C)NC(=O)c1cc(NC)nc(C(C)C)c1. The average molecular weight is 277 g/mol. The van der Waals surface area contributed by atoms with E-state index in [1.54, 1.807) is 6.07 Å². The molecule has 0 saturated carbocycles. The Morgan fingerprint density at radius 3 is 2.40 bits per heavy atom. The zero-order valence-corrected chi connectivity index (χ0v) is 13.4. The molecule has 0 saturated heterocycles. The molecule has 0 radical (unpaired) electrons. The molecule has 1 rings (SSSR count). The van der Waals surface area contributed by atoms with Crippen molar-refractivity contribution >= 4 is 11.7 Å². The summed E-state index contributed by atoms with van der Waals surface area (Å²) < 4.78 is 0. The van der Waals surface area contributed by atoms with E-state index >= 15 is 0 Å². The first kappa shape index (κ1) is 16.5. The first-order valence-corrected chi connectivity index (χ1v) is 7.39. The Bertz CT molecular complexity index is 457. The molecule has 1 aromatic rings. The van der Waals surface area contributed by atoms with Crippen LogP contribution >= 0.6 is 0 Å². The highest BCUT2D eigenvalue weighted by Crippen LogP contribution is 2.18. The maximum Gasteiger partial charge on any atom is 0.251 e. The monoisotopic (exact) mass is 277 g/mol. The topological polar surface area (TPSA) is 54.0 Å². The summed E-state index contributed by atoms with van der Waals surface area (Å²) in [7, 11) is 1.82. The van der Waals surface area contributed by atoms with E-state index in [1.165, 1.54) is 0 Å². The van der Waals surface area contributed by atoms with Gasteiger partial charge in [-0.25, -0.2) is 4.98 Å². The number of rotatable bonds is 6. The van der Waals surface area contributed by atoms with Crippen LogP contribution in [0.3, 0.4) is 0 Å². The van der Waals surface area contributed by atoms with E-state index in [9.17, 15) is 4.79 Å². The highest BCUT2D eigenvalue weighted by Gasteiger charge is 2.16. The number of carbonyl (C=O) groups excluding carboxylic acids is 1. The minimum atomic E-state index is -0.0291. The van der Waals surface area contributed by atoms with Crippen molar-refractivity contribution in [2.45, 2.75) is 53.0 Å². The zero-order valence-electron chi connectivity index (χ0n) is 13.4. The number of anilines is 1. The van der Waals surface area contributed by atoms with E-state index < -0.39 is 0 Å². The Morgan fingerprint density at radius 2 is 1.90 bits per heavy atom. The van der Waals surface area contributed by atoms with Crippen molar-refractivity contribution in [2.24, 2.45) is 5.92 Å². The van der Waals surface area contributed by atoms with Crippen LogP contribution in [0.2, 0.25) is 0 Å². The smallest absolute Gasteiger partial charge is 0.251 e. The molecule has 0 bridgehead atoms. The number of carbonyl (C=O) groups is 1. The number of amides is 1. The molecule has 20 heavy (non-hydrogen) atoms. The van der Waals surface area contributed by atoms with E-state index in [4.69, 9.17) is 0 Å². The van der Waals surface area contributed by atoms with E-state index in [0.717, 1.165) is 17.9 Å². The molecule has 0 aromatic carbocycles. The average Bonchev–Trinajstić information content (AvgIpc) is 2.45. The van der Waals surface area contributed by atoms with Gasteiger partial charge in [-0.3, -0.25) is 4.79 Å². The van der Waals surface area contributed by atoms with Crippen molar-refractivity contribution in [1.29, 1.82) is 0 Å². The molecule has 1 aromatic heterocycles. The molecule has 1 amide bonds. The van der Waals surface area contributed by atoms with Crippen LogP contribution in [0.25, 0.3) is 0 Å². The number of nitrogens with one attached hydrogen (secondary N) is 2. The lowest BCUT2D eigenvalue weighted by atomic mass is 10.0. The molecule has 4 nitrogen and oxygen atoms in total. The molecule has 0 aliphatic heterocycles. The summed E-state index contributed by atoms with van der Waals surface area (Å²) in [4.78, 5) is 16.8. The molecule has 0 spiro atoms. The van der Waals surface area contributed by atoms with Gasteiger partial charge < -0.3 is 10.6 Å². The summed E-state index contributed by atoms with van der Waals surface area (Å²) in [6.07, 6.45) is 1.05. The number of pyridine rings is 1. The van der Waals surface area contributed by atoms with Crippen molar-refractivity contribution in [1.82, 2.24) is 10.3 Å². The van der Waals surface area contributed by atoms with Gasteiger partial charge in [-0.2, -0.15) is 0 Å². The fraction of sp³-hybridized carbons (Fsp3) is 0.625. The molecular weight excluding hydrogens is 250 g/mol. The van der Waals surface area contributed by atoms with Crippen molar-refractivity contribution in [3.63, 3.8) is 0 Å². The Labute approximate surface area is 122 Å². The second kappa shape index (κ2) is 7.27. The number of hydrogen-bond donors (Lipinski definition) is 2. The number of nitrogens with zero attached hydrogens (tertiary/aromatic N) is 1. The van der Waals surface area contributed by atoms with E-state index in [1.807, 2.05) is 13.1 Å². The summed E-state index contributed by atoms with van der Waals surface area (Å²) in [6.45, 7) is 10.5. The summed E-state index contributed by atoms with van der Waals surface area (Å²) in [5.74, 6) is 1.46. The van der Waals surface area contributed by atoms with Gasteiger partial charge in [0.1, 0.15) is 5.82 Å². The van der Waals surface area contributed by atoms with Gasteiger partial charge in [0.25, 0.3) is 5.91 Å². The molecule has 4 heteroatoms. The van der Waals surface area contributed by atoms with Crippen LogP contribution < -0.4 is 10.6 Å². The summed E-state index contributed by atoms with van der Waals surface area (Å²) in [5.41, 5.74) is 1.60. The summed E-state index contributed by atoms with van der Waals surface area (Å²) in [5, 5.41) is 6.08. The maximum absolute atomic E-state index is 12.4. The lowest BCUT2D eigenvalue weighted by molar-refractivity contribution is 0.0928. The van der Waals surface area contributed by atoms with Gasteiger partial charge in [-0.05, 0) is 30.9 Å². The normalized spacial score (nSPS) is 13.9.